The minimum Gasteiger partial charge on any atom is -0.541 e. The summed E-state index contributed by atoms with van der Waals surface area (Å²) in [6, 6.07) is 14.6. The van der Waals surface area contributed by atoms with Crippen molar-refractivity contribution in [2.24, 2.45) is 0 Å². The van der Waals surface area contributed by atoms with Crippen molar-refractivity contribution in [3.8, 4) is 27.7 Å². The van der Waals surface area contributed by atoms with Crippen LogP contribution in [-0.4, -0.2) is 22.5 Å². The lowest BCUT2D eigenvalue weighted by atomic mass is 10.1. The number of ether oxygens (including phenoxy) is 2. The predicted molar refractivity (Wildman–Crippen MR) is 118 cm³/mol. The van der Waals surface area contributed by atoms with E-state index in [1.807, 2.05) is 12.1 Å². The molecule has 3 rings (SSSR count). The molecule has 0 fully saturated rings. The summed E-state index contributed by atoms with van der Waals surface area (Å²) in [5.41, 5.74) is 1.14. The first-order valence-corrected chi connectivity index (χ1v) is 12.8. The number of fused-ring (bicyclic) bond motifs is 1. The first-order chi connectivity index (χ1) is 12.6. The zero-order valence-electron chi connectivity index (χ0n) is 17.2. The van der Waals surface area contributed by atoms with E-state index in [9.17, 15) is 0 Å². The van der Waals surface area contributed by atoms with Crippen LogP contribution in [0.15, 0.2) is 42.5 Å². The summed E-state index contributed by atoms with van der Waals surface area (Å²) in [6.45, 7) is 11.2. The molecule has 0 saturated carbocycles. The summed E-state index contributed by atoms with van der Waals surface area (Å²) < 4.78 is 18.7. The Kier molecular flexibility index (Phi) is 5.28. The van der Waals surface area contributed by atoms with Gasteiger partial charge in [-0.2, -0.15) is 0 Å². The maximum atomic E-state index is 6.56. The Bertz CT molecular complexity index is 954. The molecule has 0 unspecified atom stereocenters. The molecule has 2 aromatic carbocycles. The van der Waals surface area contributed by atoms with Gasteiger partial charge in [0.25, 0.3) is 8.32 Å². The molecular formula is C22H28O3SSi. The Balaban J connectivity index is 2.02. The second kappa shape index (κ2) is 7.21. The van der Waals surface area contributed by atoms with Gasteiger partial charge in [-0.3, -0.25) is 0 Å². The van der Waals surface area contributed by atoms with Crippen LogP contribution in [0.2, 0.25) is 18.1 Å². The van der Waals surface area contributed by atoms with Gasteiger partial charge in [0.15, 0.2) is 5.75 Å². The highest BCUT2D eigenvalue weighted by atomic mass is 32.1. The fourth-order valence-electron chi connectivity index (χ4n) is 2.62. The van der Waals surface area contributed by atoms with Crippen LogP contribution in [0.5, 0.6) is 17.2 Å². The largest absolute Gasteiger partial charge is 0.541 e. The lowest BCUT2D eigenvalue weighted by Crippen LogP contribution is -2.43. The van der Waals surface area contributed by atoms with Crippen LogP contribution < -0.4 is 13.9 Å². The monoisotopic (exact) mass is 400 g/mol. The molecule has 0 aliphatic rings. The van der Waals surface area contributed by atoms with Crippen LogP contribution in [-0.2, 0) is 0 Å². The Hall–Kier alpha value is -1.98. The van der Waals surface area contributed by atoms with Gasteiger partial charge in [-0.15, -0.1) is 11.3 Å². The van der Waals surface area contributed by atoms with Gasteiger partial charge in [-0.05, 0) is 71.5 Å². The van der Waals surface area contributed by atoms with Crippen LogP contribution in [0.1, 0.15) is 20.8 Å². The smallest absolute Gasteiger partial charge is 0.250 e. The Morgan fingerprint density at radius 1 is 0.852 bits per heavy atom. The van der Waals surface area contributed by atoms with Gasteiger partial charge in [-0.1, -0.05) is 20.8 Å². The van der Waals surface area contributed by atoms with E-state index in [-0.39, 0.29) is 5.04 Å². The third-order valence-electron chi connectivity index (χ3n) is 5.35. The SMILES string of the molecule is COc1ccc2cc(-c3ccc(OC)c(O[Si](C)(C)C(C)(C)C)c3)sc2c1. The molecule has 144 valence electrons. The van der Waals surface area contributed by atoms with Crippen molar-refractivity contribution in [1.29, 1.82) is 0 Å². The minimum atomic E-state index is -1.95. The molecule has 0 aliphatic carbocycles. The van der Waals surface area contributed by atoms with Crippen molar-refractivity contribution in [2.75, 3.05) is 14.2 Å². The molecule has 0 N–H and O–H groups in total. The molecule has 1 heterocycles. The predicted octanol–water partition coefficient (Wildman–Crippen LogP) is 6.97. The normalized spacial score (nSPS) is 12.3. The molecule has 5 heteroatoms. The zero-order chi connectivity index (χ0) is 19.8. The van der Waals surface area contributed by atoms with E-state index in [2.05, 4.69) is 64.2 Å². The maximum absolute atomic E-state index is 6.56. The average molecular weight is 401 g/mol. The second-order valence-electron chi connectivity index (χ2n) is 8.24. The van der Waals surface area contributed by atoms with E-state index < -0.39 is 8.32 Å². The summed E-state index contributed by atoms with van der Waals surface area (Å²) in [7, 11) is 1.44. The van der Waals surface area contributed by atoms with Crippen molar-refractivity contribution in [2.45, 2.75) is 38.9 Å². The van der Waals surface area contributed by atoms with Crippen LogP contribution >= 0.6 is 11.3 Å². The van der Waals surface area contributed by atoms with E-state index in [0.717, 1.165) is 22.8 Å². The number of rotatable bonds is 5. The second-order valence-corrected chi connectivity index (χ2v) is 14.1. The van der Waals surface area contributed by atoms with Crippen molar-refractivity contribution in [1.82, 2.24) is 0 Å². The van der Waals surface area contributed by atoms with Gasteiger partial charge in [-0.25, -0.2) is 0 Å². The van der Waals surface area contributed by atoms with Gasteiger partial charge < -0.3 is 13.9 Å². The van der Waals surface area contributed by atoms with Gasteiger partial charge in [0.1, 0.15) is 11.5 Å². The highest BCUT2D eigenvalue weighted by Crippen LogP contribution is 2.43. The number of methoxy groups -OCH3 is 2. The van der Waals surface area contributed by atoms with Crippen molar-refractivity contribution >= 4 is 29.7 Å². The molecule has 0 radical (unpaired) electrons. The fourth-order valence-corrected chi connectivity index (χ4v) is 4.72. The van der Waals surface area contributed by atoms with E-state index in [1.54, 1.807) is 25.6 Å². The molecule has 27 heavy (non-hydrogen) atoms. The van der Waals surface area contributed by atoms with Gasteiger partial charge in [0.05, 0.1) is 14.2 Å². The molecular weight excluding hydrogens is 372 g/mol. The van der Waals surface area contributed by atoms with Gasteiger partial charge in [0.2, 0.25) is 0 Å². The maximum Gasteiger partial charge on any atom is 0.250 e. The van der Waals surface area contributed by atoms with Crippen LogP contribution in [0.4, 0.5) is 0 Å². The van der Waals surface area contributed by atoms with Crippen LogP contribution in [0.25, 0.3) is 20.5 Å². The summed E-state index contributed by atoms with van der Waals surface area (Å²) >= 11 is 1.76. The van der Waals surface area contributed by atoms with E-state index in [1.165, 1.54) is 15.0 Å². The summed E-state index contributed by atoms with van der Waals surface area (Å²) in [5.74, 6) is 2.50. The average Bonchev–Trinajstić information content (AvgIpc) is 3.03. The molecule has 0 atom stereocenters. The minimum absolute atomic E-state index is 0.127. The van der Waals surface area contributed by atoms with Crippen molar-refractivity contribution in [3.63, 3.8) is 0 Å². The van der Waals surface area contributed by atoms with E-state index in [0.29, 0.717) is 0 Å². The van der Waals surface area contributed by atoms with E-state index in [4.69, 9.17) is 13.9 Å². The van der Waals surface area contributed by atoms with E-state index >= 15 is 0 Å². The first-order valence-electron chi connectivity index (χ1n) is 9.09. The fraction of sp³-hybridized carbons (Fsp3) is 0.364. The highest BCUT2D eigenvalue weighted by molar-refractivity contribution is 7.22. The molecule has 3 nitrogen and oxygen atoms in total. The Morgan fingerprint density at radius 3 is 2.22 bits per heavy atom. The third kappa shape index (κ3) is 3.99. The number of hydrogen-bond donors (Lipinski definition) is 0. The third-order valence-corrected chi connectivity index (χ3v) is 10.8. The summed E-state index contributed by atoms with van der Waals surface area (Å²) in [6.07, 6.45) is 0. The quantitative estimate of drug-likeness (QED) is 0.433. The van der Waals surface area contributed by atoms with Gasteiger partial charge in [0, 0.05) is 9.58 Å². The number of benzene rings is 2. The van der Waals surface area contributed by atoms with Gasteiger partial charge >= 0.3 is 0 Å². The molecule has 0 amide bonds. The Labute approximate surface area is 167 Å². The number of thiophene rings is 1. The highest BCUT2D eigenvalue weighted by Gasteiger charge is 2.39. The first kappa shape index (κ1) is 19.8. The Morgan fingerprint density at radius 2 is 1.59 bits per heavy atom. The number of hydrogen-bond acceptors (Lipinski definition) is 4. The molecule has 0 aliphatic heterocycles. The van der Waals surface area contributed by atoms with Crippen molar-refractivity contribution < 1.29 is 13.9 Å². The molecule has 0 saturated heterocycles. The summed E-state index contributed by atoms with van der Waals surface area (Å²) in [5, 5.41) is 1.35. The van der Waals surface area contributed by atoms with Crippen molar-refractivity contribution in [3.05, 3.63) is 42.5 Å². The molecule has 3 aromatic rings. The van der Waals surface area contributed by atoms with Crippen LogP contribution in [0.3, 0.4) is 0 Å². The van der Waals surface area contributed by atoms with Crippen LogP contribution in [0, 0.1) is 0 Å². The lowest BCUT2D eigenvalue weighted by molar-refractivity contribution is 0.386. The molecule has 0 bridgehead atoms. The summed E-state index contributed by atoms with van der Waals surface area (Å²) in [4.78, 5) is 1.21. The lowest BCUT2D eigenvalue weighted by Gasteiger charge is -2.36. The topological polar surface area (TPSA) is 27.7 Å². The molecule has 0 spiro atoms. The molecule has 1 aromatic heterocycles. The standard InChI is InChI=1S/C22H28O3SSi/c1-22(2,3)27(6,7)25-19-12-15(9-11-18(19)24-5)20-13-16-8-10-17(23-4)14-21(16)26-20/h8-14H,1-7H3. The zero-order valence-corrected chi connectivity index (χ0v) is 19.0.